The third kappa shape index (κ3) is 3.27. The Labute approximate surface area is 182 Å². The minimum absolute atomic E-state index is 0.0365. The summed E-state index contributed by atoms with van der Waals surface area (Å²) in [5.41, 5.74) is 2.64. The third-order valence-corrected chi connectivity index (χ3v) is 5.39. The topological polar surface area (TPSA) is 101 Å². The Hall–Kier alpha value is -4.14. The number of aromatic nitrogens is 6. The molecule has 3 heterocycles. The zero-order valence-corrected chi connectivity index (χ0v) is 17.5. The molecule has 3 aromatic heterocycles. The van der Waals surface area contributed by atoms with Crippen molar-refractivity contribution in [2.75, 3.05) is 5.32 Å². The van der Waals surface area contributed by atoms with Gasteiger partial charge in [-0.3, -0.25) is 9.36 Å². The molecule has 0 bridgehead atoms. The third-order valence-electron chi connectivity index (χ3n) is 5.39. The fourth-order valence-corrected chi connectivity index (χ4v) is 3.85. The molecule has 2 aromatic carbocycles. The van der Waals surface area contributed by atoms with E-state index in [1.807, 2.05) is 38.1 Å². The standard InChI is InChI=1S/C23H20FN7O/c1-3-16(29-21-19-20(26-11-25-19)27-12-28-21)22-30-17-9-5-8-15(24)18(17)23(32)31(22)14-7-4-6-13(2)10-14/h4-12,16H,3H2,1-2H3,(H2,25,26,27,28,29)/t16-/m0/s1. The average Bonchev–Trinajstić information content (AvgIpc) is 3.27. The first-order chi connectivity index (χ1) is 15.6. The molecule has 5 aromatic rings. The van der Waals surface area contributed by atoms with Gasteiger partial charge in [-0.25, -0.2) is 24.3 Å². The van der Waals surface area contributed by atoms with Gasteiger partial charge in [0, 0.05) is 0 Å². The molecule has 0 fully saturated rings. The summed E-state index contributed by atoms with van der Waals surface area (Å²) in [6.07, 6.45) is 3.57. The summed E-state index contributed by atoms with van der Waals surface area (Å²) in [7, 11) is 0. The van der Waals surface area contributed by atoms with Crippen molar-refractivity contribution in [1.82, 2.24) is 29.5 Å². The van der Waals surface area contributed by atoms with Gasteiger partial charge in [0.1, 0.15) is 28.9 Å². The Morgan fingerprint density at radius 1 is 1.16 bits per heavy atom. The molecule has 0 amide bonds. The molecule has 8 nitrogen and oxygen atoms in total. The van der Waals surface area contributed by atoms with Crippen LogP contribution in [0.2, 0.25) is 0 Å². The van der Waals surface area contributed by atoms with Crippen LogP contribution >= 0.6 is 0 Å². The zero-order valence-electron chi connectivity index (χ0n) is 17.5. The van der Waals surface area contributed by atoms with Crippen LogP contribution in [0.15, 0.2) is 59.9 Å². The van der Waals surface area contributed by atoms with Crippen molar-refractivity contribution >= 4 is 27.9 Å². The number of anilines is 1. The fourth-order valence-electron chi connectivity index (χ4n) is 3.85. The van der Waals surface area contributed by atoms with Crippen molar-refractivity contribution < 1.29 is 4.39 Å². The molecular weight excluding hydrogens is 409 g/mol. The molecule has 0 unspecified atom stereocenters. The number of rotatable bonds is 5. The number of fused-ring (bicyclic) bond motifs is 2. The molecule has 0 saturated carbocycles. The molecular formula is C23H20FN7O. The number of aryl methyl sites for hydroxylation is 1. The van der Waals surface area contributed by atoms with Crippen LogP contribution in [0.5, 0.6) is 0 Å². The van der Waals surface area contributed by atoms with Gasteiger partial charge in [-0.15, -0.1) is 0 Å². The predicted molar refractivity (Wildman–Crippen MR) is 120 cm³/mol. The highest BCUT2D eigenvalue weighted by atomic mass is 19.1. The number of H-pyrrole nitrogens is 1. The lowest BCUT2D eigenvalue weighted by molar-refractivity contribution is 0.630. The SMILES string of the molecule is CC[C@H](Nc1ncnc2nc[nH]c12)c1nc2cccc(F)c2c(=O)n1-c1cccc(C)c1. The van der Waals surface area contributed by atoms with Crippen molar-refractivity contribution in [3.63, 3.8) is 0 Å². The normalized spacial score (nSPS) is 12.3. The van der Waals surface area contributed by atoms with Crippen molar-refractivity contribution in [1.29, 1.82) is 0 Å². The molecule has 2 N–H and O–H groups in total. The molecule has 1 atom stereocenters. The van der Waals surface area contributed by atoms with E-state index in [2.05, 4.69) is 25.3 Å². The van der Waals surface area contributed by atoms with E-state index in [4.69, 9.17) is 4.98 Å². The summed E-state index contributed by atoms with van der Waals surface area (Å²) in [6.45, 7) is 3.92. The highest BCUT2D eigenvalue weighted by Gasteiger charge is 2.23. The average molecular weight is 429 g/mol. The molecule has 160 valence electrons. The van der Waals surface area contributed by atoms with Crippen LogP contribution in [0.3, 0.4) is 0 Å². The number of hydrogen-bond acceptors (Lipinski definition) is 6. The van der Waals surface area contributed by atoms with Gasteiger partial charge in [0.2, 0.25) is 0 Å². The van der Waals surface area contributed by atoms with Crippen LogP contribution in [-0.2, 0) is 0 Å². The van der Waals surface area contributed by atoms with Crippen molar-refractivity contribution in [2.24, 2.45) is 0 Å². The van der Waals surface area contributed by atoms with Gasteiger partial charge in [-0.05, 0) is 43.2 Å². The van der Waals surface area contributed by atoms with E-state index < -0.39 is 17.4 Å². The van der Waals surface area contributed by atoms with Gasteiger partial charge in [-0.1, -0.05) is 25.1 Å². The Morgan fingerprint density at radius 2 is 2.00 bits per heavy atom. The predicted octanol–water partition coefficient (Wildman–Crippen LogP) is 4.06. The minimum Gasteiger partial charge on any atom is -0.358 e. The number of hydrogen-bond donors (Lipinski definition) is 2. The lowest BCUT2D eigenvalue weighted by Gasteiger charge is -2.22. The lowest BCUT2D eigenvalue weighted by atomic mass is 10.1. The number of imidazole rings is 1. The Balaban J connectivity index is 1.75. The Bertz CT molecular complexity index is 1510. The molecule has 5 rings (SSSR count). The van der Waals surface area contributed by atoms with E-state index in [0.29, 0.717) is 40.4 Å². The van der Waals surface area contributed by atoms with Gasteiger partial charge in [-0.2, -0.15) is 0 Å². The molecule has 0 aliphatic rings. The van der Waals surface area contributed by atoms with Crippen LogP contribution in [0, 0.1) is 12.7 Å². The van der Waals surface area contributed by atoms with Gasteiger partial charge in [0.15, 0.2) is 11.5 Å². The van der Waals surface area contributed by atoms with E-state index in [1.165, 1.54) is 17.0 Å². The van der Waals surface area contributed by atoms with Crippen molar-refractivity contribution in [3.05, 3.63) is 82.7 Å². The maximum absolute atomic E-state index is 14.6. The Morgan fingerprint density at radius 3 is 2.81 bits per heavy atom. The first-order valence-corrected chi connectivity index (χ1v) is 10.3. The smallest absolute Gasteiger partial charge is 0.269 e. The zero-order chi connectivity index (χ0) is 22.2. The first kappa shape index (κ1) is 19.8. The van der Waals surface area contributed by atoms with Gasteiger partial charge >= 0.3 is 0 Å². The minimum atomic E-state index is -0.594. The molecule has 0 aliphatic carbocycles. The number of nitrogens with zero attached hydrogens (tertiary/aromatic N) is 5. The molecule has 0 saturated heterocycles. The number of benzene rings is 2. The van der Waals surface area contributed by atoms with E-state index in [1.54, 1.807) is 18.5 Å². The highest BCUT2D eigenvalue weighted by Crippen LogP contribution is 2.26. The fraction of sp³-hybridized carbons (Fsp3) is 0.174. The van der Waals surface area contributed by atoms with Crippen LogP contribution in [0.25, 0.3) is 27.8 Å². The summed E-state index contributed by atoms with van der Waals surface area (Å²) >= 11 is 0. The van der Waals surface area contributed by atoms with Gasteiger partial charge in [0.05, 0.1) is 23.6 Å². The number of aromatic amines is 1. The van der Waals surface area contributed by atoms with Gasteiger partial charge in [0.25, 0.3) is 5.56 Å². The molecule has 32 heavy (non-hydrogen) atoms. The summed E-state index contributed by atoms with van der Waals surface area (Å²) in [5.74, 6) is 0.417. The second kappa shape index (κ2) is 7.84. The summed E-state index contributed by atoms with van der Waals surface area (Å²) in [4.78, 5) is 33.9. The second-order valence-electron chi connectivity index (χ2n) is 7.51. The summed E-state index contributed by atoms with van der Waals surface area (Å²) in [5, 5.41) is 3.33. The summed E-state index contributed by atoms with van der Waals surface area (Å²) < 4.78 is 16.1. The highest BCUT2D eigenvalue weighted by molar-refractivity contribution is 5.82. The van der Waals surface area contributed by atoms with E-state index in [0.717, 1.165) is 5.56 Å². The second-order valence-corrected chi connectivity index (χ2v) is 7.51. The molecule has 0 spiro atoms. The number of halogens is 1. The lowest BCUT2D eigenvalue weighted by Crippen LogP contribution is -2.29. The van der Waals surface area contributed by atoms with E-state index in [-0.39, 0.29) is 5.39 Å². The molecule has 0 radical (unpaired) electrons. The Kier molecular flexibility index (Phi) is 4.85. The largest absolute Gasteiger partial charge is 0.358 e. The maximum Gasteiger partial charge on any atom is 0.269 e. The first-order valence-electron chi connectivity index (χ1n) is 10.3. The van der Waals surface area contributed by atoms with Gasteiger partial charge < -0.3 is 10.3 Å². The molecule has 0 aliphatic heterocycles. The van der Waals surface area contributed by atoms with Crippen LogP contribution in [0.1, 0.15) is 30.8 Å². The van der Waals surface area contributed by atoms with Crippen LogP contribution in [-0.4, -0.2) is 29.5 Å². The molecule has 9 heteroatoms. The van der Waals surface area contributed by atoms with E-state index in [9.17, 15) is 9.18 Å². The summed E-state index contributed by atoms with van der Waals surface area (Å²) in [6, 6.07) is 11.6. The monoisotopic (exact) mass is 429 g/mol. The van der Waals surface area contributed by atoms with Crippen molar-refractivity contribution in [2.45, 2.75) is 26.3 Å². The maximum atomic E-state index is 14.6. The van der Waals surface area contributed by atoms with E-state index >= 15 is 0 Å². The number of nitrogens with one attached hydrogen (secondary N) is 2. The van der Waals surface area contributed by atoms with Crippen molar-refractivity contribution in [3.8, 4) is 5.69 Å². The quantitative estimate of drug-likeness (QED) is 0.437. The van der Waals surface area contributed by atoms with Crippen LogP contribution in [0.4, 0.5) is 10.2 Å². The van der Waals surface area contributed by atoms with Crippen LogP contribution < -0.4 is 10.9 Å².